The molecule has 1 saturated carbocycles. The Morgan fingerprint density at radius 1 is 1.21 bits per heavy atom. The van der Waals surface area contributed by atoms with Gasteiger partial charge in [0.1, 0.15) is 22.9 Å². The van der Waals surface area contributed by atoms with E-state index in [-0.39, 0.29) is 30.7 Å². The second kappa shape index (κ2) is 9.76. The van der Waals surface area contributed by atoms with E-state index in [1.54, 1.807) is 54.7 Å². The number of hydrogen-bond donors (Lipinski definition) is 3. The molecule has 3 aromatic rings. The summed E-state index contributed by atoms with van der Waals surface area (Å²) in [5.74, 6) is 1.24. The Morgan fingerprint density at radius 3 is 2.58 bits per heavy atom. The summed E-state index contributed by atoms with van der Waals surface area (Å²) in [6.45, 7) is 0.172. The maximum atomic E-state index is 13.8. The molecular formula is C23H28N6O4. The van der Waals surface area contributed by atoms with Gasteiger partial charge in [0.15, 0.2) is 0 Å². The minimum Gasteiger partial charge on any atom is -0.497 e. The number of nitrogens with two attached hydrogens (primary N) is 1. The molecule has 1 fully saturated rings. The first-order valence-corrected chi connectivity index (χ1v) is 11.0. The van der Waals surface area contributed by atoms with E-state index in [1.807, 2.05) is 0 Å². The fourth-order valence-electron chi connectivity index (χ4n) is 4.34. The first-order valence-electron chi connectivity index (χ1n) is 11.0. The highest BCUT2D eigenvalue weighted by Gasteiger charge is 2.47. The molecule has 2 heterocycles. The van der Waals surface area contributed by atoms with Crippen LogP contribution in [0.5, 0.6) is 5.75 Å². The maximum absolute atomic E-state index is 13.8. The third-order valence-corrected chi connectivity index (χ3v) is 6.03. The Hall–Kier alpha value is -3.82. The quantitative estimate of drug-likeness (QED) is 0.477. The van der Waals surface area contributed by atoms with Gasteiger partial charge in [0.2, 0.25) is 17.8 Å². The summed E-state index contributed by atoms with van der Waals surface area (Å²) < 4.78 is 10.7. The number of carbonyl (C=O) groups is 2. The van der Waals surface area contributed by atoms with Gasteiger partial charge < -0.3 is 25.1 Å². The summed E-state index contributed by atoms with van der Waals surface area (Å²) in [7, 11) is 1.59. The second-order valence-corrected chi connectivity index (χ2v) is 8.15. The van der Waals surface area contributed by atoms with E-state index in [1.165, 1.54) is 0 Å². The van der Waals surface area contributed by atoms with Gasteiger partial charge in [0.25, 0.3) is 0 Å². The molecule has 0 saturated heterocycles. The average molecular weight is 453 g/mol. The van der Waals surface area contributed by atoms with Crippen LogP contribution < -0.4 is 15.8 Å². The Labute approximate surface area is 191 Å². The number of rotatable bonds is 8. The number of H-pyrrole nitrogens is 1. The maximum Gasteiger partial charge on any atom is 0.250 e. The standard InChI is InChI=1S/C23H28N6O4/c1-32-17-9-7-16(8-10-17)25-21(31)23(11-3-2-4-12-23)29(15-18-6-5-13-33-18)20(30)14-19-26-22(24)28-27-19/h5-10,13H,2-4,11-12,14-15H2,1H3,(H,25,31)(H3,24,26,27,28). The normalized spacial score (nSPS) is 15.1. The molecule has 2 aromatic heterocycles. The number of amides is 2. The topological polar surface area (TPSA) is 139 Å². The van der Waals surface area contributed by atoms with Crippen molar-refractivity contribution in [2.75, 3.05) is 18.2 Å². The zero-order valence-corrected chi connectivity index (χ0v) is 18.5. The summed E-state index contributed by atoms with van der Waals surface area (Å²) in [6, 6.07) is 10.7. The Bertz CT molecular complexity index is 1070. The van der Waals surface area contributed by atoms with E-state index in [2.05, 4.69) is 20.5 Å². The van der Waals surface area contributed by atoms with Crippen LogP contribution in [0.1, 0.15) is 43.7 Å². The second-order valence-electron chi connectivity index (χ2n) is 8.15. The van der Waals surface area contributed by atoms with Gasteiger partial charge in [0.05, 0.1) is 26.3 Å². The number of anilines is 2. The number of methoxy groups -OCH3 is 1. The predicted octanol–water partition coefficient (Wildman–Crippen LogP) is 2.90. The number of benzene rings is 1. The SMILES string of the molecule is COc1ccc(NC(=O)C2(N(Cc3ccco3)C(=O)Cc3nc(N)n[nH]3)CCCCC2)cc1. The van der Waals surface area contributed by atoms with Crippen LogP contribution in [0.2, 0.25) is 0 Å². The van der Waals surface area contributed by atoms with Gasteiger partial charge in [-0.3, -0.25) is 14.7 Å². The molecule has 4 rings (SSSR count). The van der Waals surface area contributed by atoms with Crippen molar-refractivity contribution in [1.82, 2.24) is 20.1 Å². The minimum absolute atomic E-state index is 0.0531. The summed E-state index contributed by atoms with van der Waals surface area (Å²) in [5, 5.41) is 9.49. The lowest BCUT2D eigenvalue weighted by atomic mass is 9.78. The van der Waals surface area contributed by atoms with Crippen LogP contribution in [0, 0.1) is 0 Å². The Kier molecular flexibility index (Phi) is 6.62. The predicted molar refractivity (Wildman–Crippen MR) is 121 cm³/mol. The van der Waals surface area contributed by atoms with Crippen LogP contribution in [0.3, 0.4) is 0 Å². The number of nitrogens with zero attached hydrogens (tertiary/aromatic N) is 3. The Morgan fingerprint density at radius 2 is 1.97 bits per heavy atom. The summed E-state index contributed by atoms with van der Waals surface area (Å²) >= 11 is 0. The number of aromatic nitrogens is 3. The van der Waals surface area contributed by atoms with Gasteiger partial charge in [-0.15, -0.1) is 5.10 Å². The highest BCUT2D eigenvalue weighted by molar-refractivity contribution is 6.00. The number of furan rings is 1. The molecule has 10 nitrogen and oxygen atoms in total. The molecule has 0 unspecified atom stereocenters. The fourth-order valence-corrected chi connectivity index (χ4v) is 4.34. The molecule has 0 atom stereocenters. The number of hydrogen-bond acceptors (Lipinski definition) is 7. The van der Waals surface area contributed by atoms with Crippen molar-refractivity contribution >= 4 is 23.5 Å². The van der Waals surface area contributed by atoms with Crippen LogP contribution >= 0.6 is 0 Å². The van der Waals surface area contributed by atoms with E-state index in [4.69, 9.17) is 14.9 Å². The lowest BCUT2D eigenvalue weighted by Crippen LogP contribution is -2.60. The molecule has 0 radical (unpaired) electrons. The van der Waals surface area contributed by atoms with Crippen molar-refractivity contribution in [3.05, 3.63) is 54.2 Å². The number of nitrogens with one attached hydrogen (secondary N) is 2. The van der Waals surface area contributed by atoms with Crippen LogP contribution in [-0.2, 0) is 22.6 Å². The molecule has 1 aliphatic carbocycles. The van der Waals surface area contributed by atoms with Crippen LogP contribution in [-0.4, -0.2) is 44.5 Å². The van der Waals surface area contributed by atoms with Crippen LogP contribution in [0.25, 0.3) is 0 Å². The summed E-state index contributed by atoms with van der Waals surface area (Å²) in [4.78, 5) is 33.0. The van der Waals surface area contributed by atoms with E-state index in [0.717, 1.165) is 19.3 Å². The van der Waals surface area contributed by atoms with Crippen molar-refractivity contribution in [3.8, 4) is 5.75 Å². The highest BCUT2D eigenvalue weighted by atomic mass is 16.5. The first kappa shape index (κ1) is 22.4. The Balaban J connectivity index is 1.65. The van der Waals surface area contributed by atoms with Gasteiger partial charge in [-0.25, -0.2) is 0 Å². The molecule has 174 valence electrons. The van der Waals surface area contributed by atoms with Crippen molar-refractivity contribution < 1.29 is 18.7 Å². The average Bonchev–Trinajstić information content (AvgIpc) is 3.50. The van der Waals surface area contributed by atoms with Crippen molar-refractivity contribution in [3.63, 3.8) is 0 Å². The highest BCUT2D eigenvalue weighted by Crippen LogP contribution is 2.37. The van der Waals surface area contributed by atoms with E-state index in [9.17, 15) is 9.59 Å². The zero-order chi connectivity index (χ0) is 23.3. The lowest BCUT2D eigenvalue weighted by Gasteiger charge is -2.44. The number of ether oxygens (including phenoxy) is 1. The van der Waals surface area contributed by atoms with E-state index >= 15 is 0 Å². The van der Waals surface area contributed by atoms with Crippen molar-refractivity contribution in [2.24, 2.45) is 0 Å². The summed E-state index contributed by atoms with van der Waals surface area (Å²) in [5.41, 5.74) is 5.22. The van der Waals surface area contributed by atoms with Gasteiger partial charge in [-0.1, -0.05) is 19.3 Å². The monoisotopic (exact) mass is 452 g/mol. The number of carbonyl (C=O) groups excluding carboxylic acids is 2. The third kappa shape index (κ3) is 5.00. The molecule has 0 bridgehead atoms. The molecule has 0 aliphatic heterocycles. The first-order chi connectivity index (χ1) is 16.0. The molecule has 1 aromatic carbocycles. The third-order valence-electron chi connectivity index (χ3n) is 6.03. The molecular weight excluding hydrogens is 424 g/mol. The zero-order valence-electron chi connectivity index (χ0n) is 18.5. The van der Waals surface area contributed by atoms with E-state index in [0.29, 0.717) is 35.9 Å². The molecule has 2 amide bonds. The van der Waals surface area contributed by atoms with E-state index < -0.39 is 5.54 Å². The minimum atomic E-state index is -1.02. The molecule has 4 N–H and O–H groups in total. The molecule has 0 spiro atoms. The fraction of sp³-hybridized carbons (Fsp3) is 0.391. The van der Waals surface area contributed by atoms with Crippen molar-refractivity contribution in [2.45, 2.75) is 50.6 Å². The van der Waals surface area contributed by atoms with Crippen molar-refractivity contribution in [1.29, 1.82) is 0 Å². The van der Waals surface area contributed by atoms with Crippen LogP contribution in [0.15, 0.2) is 47.1 Å². The number of aromatic amines is 1. The molecule has 1 aliphatic rings. The largest absolute Gasteiger partial charge is 0.497 e. The number of nitrogen functional groups attached to an aromatic ring is 1. The van der Waals surface area contributed by atoms with Crippen LogP contribution in [0.4, 0.5) is 11.6 Å². The van der Waals surface area contributed by atoms with Gasteiger partial charge >= 0.3 is 0 Å². The lowest BCUT2D eigenvalue weighted by molar-refractivity contribution is -0.148. The van der Waals surface area contributed by atoms with Gasteiger partial charge in [-0.05, 0) is 49.2 Å². The molecule has 33 heavy (non-hydrogen) atoms. The smallest absolute Gasteiger partial charge is 0.250 e. The summed E-state index contributed by atoms with van der Waals surface area (Å²) in [6.07, 6.45) is 5.31. The van der Waals surface area contributed by atoms with Gasteiger partial charge in [0, 0.05) is 5.69 Å². The van der Waals surface area contributed by atoms with Gasteiger partial charge in [-0.2, -0.15) is 4.98 Å². The molecule has 10 heteroatoms.